The second-order valence-electron chi connectivity index (χ2n) is 4.89. The lowest BCUT2D eigenvalue weighted by Crippen LogP contribution is -2.41. The molecular formula is C14H28N2O3. The van der Waals surface area contributed by atoms with Crippen molar-refractivity contribution < 1.29 is 14.3 Å². The normalized spacial score (nSPS) is 16.8. The SMILES string of the molecule is CCOCCOC1CCN(C(=O)CCCCN)CC1. The first-order chi connectivity index (χ1) is 9.27. The zero-order chi connectivity index (χ0) is 13.9. The van der Waals surface area contributed by atoms with E-state index in [-0.39, 0.29) is 12.0 Å². The van der Waals surface area contributed by atoms with Gasteiger partial charge >= 0.3 is 0 Å². The van der Waals surface area contributed by atoms with Gasteiger partial charge in [-0.3, -0.25) is 4.79 Å². The number of carbonyl (C=O) groups excluding carboxylic acids is 1. The topological polar surface area (TPSA) is 64.8 Å². The fourth-order valence-electron chi connectivity index (χ4n) is 2.27. The van der Waals surface area contributed by atoms with Gasteiger partial charge in [0.05, 0.1) is 19.3 Å². The number of hydrogen-bond donors (Lipinski definition) is 1. The van der Waals surface area contributed by atoms with Gasteiger partial charge in [0, 0.05) is 26.1 Å². The number of ether oxygens (including phenoxy) is 2. The van der Waals surface area contributed by atoms with E-state index in [4.69, 9.17) is 15.2 Å². The van der Waals surface area contributed by atoms with Gasteiger partial charge in [-0.05, 0) is 39.2 Å². The largest absolute Gasteiger partial charge is 0.379 e. The molecular weight excluding hydrogens is 244 g/mol. The number of unbranched alkanes of at least 4 members (excludes halogenated alkanes) is 1. The Kier molecular flexibility index (Phi) is 8.79. The number of amides is 1. The molecule has 19 heavy (non-hydrogen) atoms. The summed E-state index contributed by atoms with van der Waals surface area (Å²) < 4.78 is 11.0. The maximum Gasteiger partial charge on any atom is 0.222 e. The monoisotopic (exact) mass is 272 g/mol. The van der Waals surface area contributed by atoms with Crippen LogP contribution in [0.4, 0.5) is 0 Å². The van der Waals surface area contributed by atoms with Crippen LogP contribution in [-0.4, -0.2) is 56.4 Å². The minimum Gasteiger partial charge on any atom is -0.379 e. The summed E-state index contributed by atoms with van der Waals surface area (Å²) in [7, 11) is 0. The van der Waals surface area contributed by atoms with Gasteiger partial charge in [-0.25, -0.2) is 0 Å². The Morgan fingerprint density at radius 3 is 2.63 bits per heavy atom. The second kappa shape index (κ2) is 10.2. The number of rotatable bonds is 9. The van der Waals surface area contributed by atoms with Crippen molar-refractivity contribution in [3.05, 3.63) is 0 Å². The summed E-state index contributed by atoms with van der Waals surface area (Å²) in [6.45, 7) is 6.34. The summed E-state index contributed by atoms with van der Waals surface area (Å²) in [5.41, 5.74) is 5.43. The van der Waals surface area contributed by atoms with E-state index in [2.05, 4.69) is 0 Å². The zero-order valence-corrected chi connectivity index (χ0v) is 12.1. The van der Waals surface area contributed by atoms with Crippen molar-refractivity contribution in [2.24, 2.45) is 5.73 Å². The molecule has 0 bridgehead atoms. The van der Waals surface area contributed by atoms with Crippen LogP contribution in [0.5, 0.6) is 0 Å². The molecule has 0 aromatic carbocycles. The number of carbonyl (C=O) groups is 1. The summed E-state index contributed by atoms with van der Waals surface area (Å²) in [5.74, 6) is 0.265. The van der Waals surface area contributed by atoms with Crippen molar-refractivity contribution in [1.29, 1.82) is 0 Å². The van der Waals surface area contributed by atoms with Crippen LogP contribution >= 0.6 is 0 Å². The van der Waals surface area contributed by atoms with Crippen molar-refractivity contribution in [3.63, 3.8) is 0 Å². The van der Waals surface area contributed by atoms with Gasteiger partial charge in [-0.2, -0.15) is 0 Å². The highest BCUT2D eigenvalue weighted by Crippen LogP contribution is 2.15. The molecule has 5 heteroatoms. The number of hydrogen-bond acceptors (Lipinski definition) is 4. The zero-order valence-electron chi connectivity index (χ0n) is 12.1. The molecule has 1 fully saturated rings. The van der Waals surface area contributed by atoms with Crippen LogP contribution in [0.2, 0.25) is 0 Å². The van der Waals surface area contributed by atoms with Crippen LogP contribution in [0, 0.1) is 0 Å². The quantitative estimate of drug-likeness (QED) is 0.640. The summed E-state index contributed by atoms with van der Waals surface area (Å²) in [4.78, 5) is 13.9. The van der Waals surface area contributed by atoms with Gasteiger partial charge < -0.3 is 20.1 Å². The highest BCUT2D eigenvalue weighted by Gasteiger charge is 2.22. The highest BCUT2D eigenvalue weighted by atomic mass is 16.5. The standard InChI is InChI=1S/C14H28N2O3/c1-2-18-11-12-19-13-6-9-16(10-7-13)14(17)5-3-4-8-15/h13H,2-12,15H2,1H3. The lowest BCUT2D eigenvalue weighted by molar-refractivity contribution is -0.134. The maximum atomic E-state index is 11.9. The Morgan fingerprint density at radius 1 is 1.26 bits per heavy atom. The molecule has 0 spiro atoms. The van der Waals surface area contributed by atoms with Crippen LogP contribution in [-0.2, 0) is 14.3 Å². The lowest BCUT2D eigenvalue weighted by Gasteiger charge is -2.32. The Labute approximate surface area is 116 Å². The Hall–Kier alpha value is -0.650. The average molecular weight is 272 g/mol. The van der Waals surface area contributed by atoms with Gasteiger partial charge in [-0.15, -0.1) is 0 Å². The molecule has 0 aromatic heterocycles. The lowest BCUT2D eigenvalue weighted by atomic mass is 10.1. The predicted octanol–water partition coefficient (Wildman–Crippen LogP) is 1.16. The number of likely N-dealkylation sites (tertiary alicyclic amines) is 1. The summed E-state index contributed by atoms with van der Waals surface area (Å²) in [6, 6.07) is 0. The van der Waals surface area contributed by atoms with Crippen LogP contribution in [0.25, 0.3) is 0 Å². The molecule has 112 valence electrons. The van der Waals surface area contributed by atoms with Gasteiger partial charge in [0.25, 0.3) is 0 Å². The van der Waals surface area contributed by atoms with Crippen molar-refractivity contribution in [3.8, 4) is 0 Å². The van der Waals surface area contributed by atoms with Crippen molar-refractivity contribution in [2.45, 2.75) is 45.1 Å². The van der Waals surface area contributed by atoms with E-state index in [0.717, 1.165) is 45.4 Å². The molecule has 0 aliphatic carbocycles. The minimum absolute atomic E-state index is 0.265. The van der Waals surface area contributed by atoms with Gasteiger partial charge in [0.15, 0.2) is 0 Å². The van der Waals surface area contributed by atoms with Gasteiger partial charge in [-0.1, -0.05) is 0 Å². The van der Waals surface area contributed by atoms with Crippen LogP contribution in [0.1, 0.15) is 39.0 Å². The maximum absolute atomic E-state index is 11.9. The van der Waals surface area contributed by atoms with Crippen LogP contribution < -0.4 is 5.73 Å². The average Bonchev–Trinajstić information content (AvgIpc) is 2.44. The fraction of sp³-hybridized carbons (Fsp3) is 0.929. The highest BCUT2D eigenvalue weighted by molar-refractivity contribution is 5.76. The van der Waals surface area contributed by atoms with Crippen molar-refractivity contribution >= 4 is 5.91 Å². The van der Waals surface area contributed by atoms with E-state index in [1.165, 1.54) is 0 Å². The van der Waals surface area contributed by atoms with E-state index in [1.54, 1.807) is 0 Å². The van der Waals surface area contributed by atoms with Crippen molar-refractivity contribution in [2.75, 3.05) is 39.5 Å². The first kappa shape index (κ1) is 16.4. The molecule has 0 saturated carbocycles. The van der Waals surface area contributed by atoms with Crippen LogP contribution in [0.3, 0.4) is 0 Å². The third kappa shape index (κ3) is 6.89. The third-order valence-corrected chi connectivity index (χ3v) is 3.42. The molecule has 5 nitrogen and oxygen atoms in total. The fourth-order valence-corrected chi connectivity index (χ4v) is 2.27. The molecule has 1 aliphatic rings. The van der Waals surface area contributed by atoms with Gasteiger partial charge in [0.1, 0.15) is 0 Å². The predicted molar refractivity (Wildman–Crippen MR) is 75.0 cm³/mol. The van der Waals surface area contributed by atoms with E-state index in [1.807, 2.05) is 11.8 Å². The molecule has 1 saturated heterocycles. The Bertz CT molecular complexity index is 241. The molecule has 0 unspecified atom stereocenters. The second-order valence-corrected chi connectivity index (χ2v) is 4.89. The molecule has 0 atom stereocenters. The number of nitrogens with two attached hydrogens (primary N) is 1. The molecule has 1 amide bonds. The molecule has 2 N–H and O–H groups in total. The van der Waals surface area contributed by atoms with Crippen molar-refractivity contribution in [1.82, 2.24) is 4.90 Å². The molecule has 0 radical (unpaired) electrons. The van der Waals surface area contributed by atoms with E-state index in [9.17, 15) is 4.79 Å². The molecule has 0 aromatic rings. The third-order valence-electron chi connectivity index (χ3n) is 3.42. The van der Waals surface area contributed by atoms with E-state index < -0.39 is 0 Å². The first-order valence-corrected chi connectivity index (χ1v) is 7.45. The van der Waals surface area contributed by atoms with E-state index in [0.29, 0.717) is 26.2 Å². The van der Waals surface area contributed by atoms with Gasteiger partial charge in [0.2, 0.25) is 5.91 Å². The summed E-state index contributed by atoms with van der Waals surface area (Å²) >= 11 is 0. The summed E-state index contributed by atoms with van der Waals surface area (Å²) in [5, 5.41) is 0. The molecule has 1 rings (SSSR count). The van der Waals surface area contributed by atoms with Crippen LogP contribution in [0.15, 0.2) is 0 Å². The Morgan fingerprint density at radius 2 is 2.00 bits per heavy atom. The minimum atomic E-state index is 0.265. The Balaban J connectivity index is 2.09. The number of nitrogens with zero attached hydrogens (tertiary/aromatic N) is 1. The smallest absolute Gasteiger partial charge is 0.222 e. The van der Waals surface area contributed by atoms with E-state index >= 15 is 0 Å². The molecule has 1 aliphatic heterocycles. The summed E-state index contributed by atoms with van der Waals surface area (Å²) in [6.07, 6.45) is 4.63. The molecule has 1 heterocycles. The first-order valence-electron chi connectivity index (χ1n) is 7.45. The number of piperidine rings is 1.